The molecule has 0 radical (unpaired) electrons. The number of carbonyl (C=O) groups excluding carboxylic acids is 2. The molecule has 0 saturated carbocycles. The first kappa shape index (κ1) is 15.2. The van der Waals surface area contributed by atoms with Crippen LogP contribution in [0.4, 0.5) is 5.69 Å². The minimum atomic E-state index is -0.564. The molecule has 1 unspecified atom stereocenters. The van der Waals surface area contributed by atoms with Crippen molar-refractivity contribution in [3.63, 3.8) is 0 Å². The average Bonchev–Trinajstić information content (AvgIpc) is 2.30. The zero-order valence-corrected chi connectivity index (χ0v) is 12.2. The molecule has 0 saturated heterocycles. The minimum Gasteiger partial charge on any atom is -0.344 e. The third kappa shape index (κ3) is 4.39. The van der Waals surface area contributed by atoms with Gasteiger partial charge in [0.05, 0.1) is 0 Å². The van der Waals surface area contributed by atoms with Gasteiger partial charge in [0, 0.05) is 11.1 Å². The molecule has 0 fully saturated rings. The molecule has 4 nitrogen and oxygen atoms in total. The van der Waals surface area contributed by atoms with Gasteiger partial charge in [-0.2, -0.15) is 0 Å². The van der Waals surface area contributed by atoms with Gasteiger partial charge in [-0.3, -0.25) is 9.59 Å². The molecule has 19 heavy (non-hydrogen) atoms. The van der Waals surface area contributed by atoms with Gasteiger partial charge in [-0.1, -0.05) is 39.0 Å². The Balaban J connectivity index is 2.64. The van der Waals surface area contributed by atoms with E-state index in [1.54, 1.807) is 6.92 Å². The lowest BCUT2D eigenvalue weighted by Gasteiger charge is -2.21. The number of amides is 2. The maximum Gasteiger partial charge on any atom is 0.246 e. The lowest BCUT2D eigenvalue weighted by atomic mass is 9.95. The van der Waals surface area contributed by atoms with Crippen molar-refractivity contribution in [1.29, 1.82) is 0 Å². The van der Waals surface area contributed by atoms with E-state index in [1.165, 1.54) is 0 Å². The third-order valence-corrected chi connectivity index (χ3v) is 2.83. The molecule has 4 heteroatoms. The molecule has 1 atom stereocenters. The molecule has 104 valence electrons. The number of hydrogen-bond donors (Lipinski definition) is 2. The normalized spacial score (nSPS) is 12.7. The standard InChI is InChI=1S/C15H22N2O2/c1-10-8-6-7-9-12(10)17-13(18)11(2)16-14(19)15(3,4)5/h6-9,11H,1-5H3,(H,16,19)(H,17,18). The molecular weight excluding hydrogens is 240 g/mol. The van der Waals surface area contributed by atoms with E-state index in [0.717, 1.165) is 11.3 Å². The molecule has 1 aromatic rings. The summed E-state index contributed by atoms with van der Waals surface area (Å²) in [5.41, 5.74) is 1.26. The van der Waals surface area contributed by atoms with Gasteiger partial charge in [0.1, 0.15) is 6.04 Å². The first-order chi connectivity index (χ1) is 8.71. The van der Waals surface area contributed by atoms with Crippen molar-refractivity contribution in [2.24, 2.45) is 5.41 Å². The predicted molar refractivity (Wildman–Crippen MR) is 76.9 cm³/mol. The van der Waals surface area contributed by atoms with Crippen molar-refractivity contribution < 1.29 is 9.59 Å². The molecule has 1 aromatic carbocycles. The Hall–Kier alpha value is -1.84. The van der Waals surface area contributed by atoms with Gasteiger partial charge in [-0.15, -0.1) is 0 Å². The Morgan fingerprint density at radius 1 is 1.16 bits per heavy atom. The van der Waals surface area contributed by atoms with Crippen LogP contribution in [0.3, 0.4) is 0 Å². The van der Waals surface area contributed by atoms with Crippen molar-refractivity contribution in [3.05, 3.63) is 29.8 Å². The smallest absolute Gasteiger partial charge is 0.246 e. The predicted octanol–water partition coefficient (Wildman–Crippen LogP) is 2.48. The Kier molecular flexibility index (Phi) is 4.70. The average molecular weight is 262 g/mol. The zero-order valence-electron chi connectivity index (χ0n) is 12.2. The van der Waals surface area contributed by atoms with Gasteiger partial charge in [0.25, 0.3) is 0 Å². The highest BCUT2D eigenvalue weighted by Gasteiger charge is 2.25. The highest BCUT2D eigenvalue weighted by molar-refractivity contribution is 5.97. The quantitative estimate of drug-likeness (QED) is 0.879. The van der Waals surface area contributed by atoms with E-state index in [-0.39, 0.29) is 11.8 Å². The third-order valence-electron chi connectivity index (χ3n) is 2.83. The number of rotatable bonds is 3. The fourth-order valence-corrected chi connectivity index (χ4v) is 1.43. The number of hydrogen-bond acceptors (Lipinski definition) is 2. The summed E-state index contributed by atoms with van der Waals surface area (Å²) in [5.74, 6) is -0.355. The topological polar surface area (TPSA) is 58.2 Å². The monoisotopic (exact) mass is 262 g/mol. The summed E-state index contributed by atoms with van der Waals surface area (Å²) in [4.78, 5) is 23.8. The highest BCUT2D eigenvalue weighted by Crippen LogP contribution is 2.15. The summed E-state index contributed by atoms with van der Waals surface area (Å²) in [6.45, 7) is 9.04. The van der Waals surface area contributed by atoms with Gasteiger partial charge >= 0.3 is 0 Å². The first-order valence-corrected chi connectivity index (χ1v) is 6.39. The summed E-state index contributed by atoms with van der Waals surface area (Å²) in [6.07, 6.45) is 0. The lowest BCUT2D eigenvalue weighted by molar-refractivity contribution is -0.131. The largest absolute Gasteiger partial charge is 0.344 e. The van der Waals surface area contributed by atoms with Gasteiger partial charge < -0.3 is 10.6 Å². The Bertz CT molecular complexity index is 475. The van der Waals surface area contributed by atoms with E-state index < -0.39 is 11.5 Å². The van der Waals surface area contributed by atoms with Crippen LogP contribution in [-0.2, 0) is 9.59 Å². The summed E-state index contributed by atoms with van der Waals surface area (Å²) >= 11 is 0. The zero-order chi connectivity index (χ0) is 14.6. The second-order valence-electron chi connectivity index (χ2n) is 5.75. The Labute approximate surface area is 114 Å². The van der Waals surface area contributed by atoms with Crippen molar-refractivity contribution in [3.8, 4) is 0 Å². The molecule has 2 N–H and O–H groups in total. The summed E-state index contributed by atoms with van der Waals surface area (Å²) in [6, 6.07) is 6.97. The lowest BCUT2D eigenvalue weighted by Crippen LogP contribution is -2.46. The van der Waals surface area contributed by atoms with Crippen molar-refractivity contribution in [2.45, 2.75) is 40.7 Å². The van der Waals surface area contributed by atoms with E-state index in [0.29, 0.717) is 0 Å². The van der Waals surface area contributed by atoms with Crippen LogP contribution in [0.1, 0.15) is 33.3 Å². The molecule has 2 amide bonds. The SMILES string of the molecule is Cc1ccccc1NC(=O)C(C)NC(=O)C(C)(C)C. The van der Waals surface area contributed by atoms with Crippen LogP contribution in [-0.4, -0.2) is 17.9 Å². The van der Waals surface area contributed by atoms with Crippen molar-refractivity contribution in [1.82, 2.24) is 5.32 Å². The van der Waals surface area contributed by atoms with E-state index in [4.69, 9.17) is 0 Å². The summed E-state index contributed by atoms with van der Waals surface area (Å²) in [7, 11) is 0. The second-order valence-corrected chi connectivity index (χ2v) is 5.75. The number of anilines is 1. The fraction of sp³-hybridized carbons (Fsp3) is 0.467. The molecule has 0 heterocycles. The number of carbonyl (C=O) groups is 2. The Morgan fingerprint density at radius 3 is 2.26 bits per heavy atom. The van der Waals surface area contributed by atoms with Crippen LogP contribution in [0.5, 0.6) is 0 Å². The number of aryl methyl sites for hydroxylation is 1. The summed E-state index contributed by atoms with van der Waals surface area (Å²) < 4.78 is 0. The van der Waals surface area contributed by atoms with E-state index >= 15 is 0 Å². The molecule has 0 aliphatic carbocycles. The number of para-hydroxylation sites is 1. The van der Waals surface area contributed by atoms with Gasteiger partial charge in [0.2, 0.25) is 11.8 Å². The fourth-order valence-electron chi connectivity index (χ4n) is 1.43. The highest BCUT2D eigenvalue weighted by atomic mass is 16.2. The minimum absolute atomic E-state index is 0.139. The van der Waals surface area contributed by atoms with Crippen molar-refractivity contribution in [2.75, 3.05) is 5.32 Å². The number of nitrogens with one attached hydrogen (secondary N) is 2. The number of benzene rings is 1. The van der Waals surface area contributed by atoms with Crippen molar-refractivity contribution >= 4 is 17.5 Å². The maximum atomic E-state index is 12.0. The van der Waals surface area contributed by atoms with Crippen LogP contribution in [0.15, 0.2) is 24.3 Å². The van der Waals surface area contributed by atoms with Crippen LogP contribution in [0.2, 0.25) is 0 Å². The van der Waals surface area contributed by atoms with Gasteiger partial charge in [-0.05, 0) is 25.5 Å². The van der Waals surface area contributed by atoms with Crippen LogP contribution >= 0.6 is 0 Å². The van der Waals surface area contributed by atoms with E-state index in [9.17, 15) is 9.59 Å². The Morgan fingerprint density at radius 2 is 1.74 bits per heavy atom. The molecule has 0 aromatic heterocycles. The van der Waals surface area contributed by atoms with Crippen LogP contribution in [0, 0.1) is 12.3 Å². The van der Waals surface area contributed by atoms with Crippen LogP contribution in [0.25, 0.3) is 0 Å². The van der Waals surface area contributed by atoms with E-state index in [1.807, 2.05) is 52.0 Å². The molecule has 0 aliphatic heterocycles. The van der Waals surface area contributed by atoms with Gasteiger partial charge in [0.15, 0.2) is 0 Å². The molecule has 1 rings (SSSR count). The van der Waals surface area contributed by atoms with Crippen LogP contribution < -0.4 is 10.6 Å². The van der Waals surface area contributed by atoms with Gasteiger partial charge in [-0.25, -0.2) is 0 Å². The maximum absolute atomic E-state index is 12.0. The summed E-state index contributed by atoms with van der Waals surface area (Å²) in [5, 5.41) is 5.52. The first-order valence-electron chi connectivity index (χ1n) is 6.39. The second kappa shape index (κ2) is 5.87. The van der Waals surface area contributed by atoms with E-state index in [2.05, 4.69) is 10.6 Å². The molecule has 0 spiro atoms. The molecule has 0 aliphatic rings. The molecule has 0 bridgehead atoms. The molecular formula is C15H22N2O2.